The van der Waals surface area contributed by atoms with E-state index in [1.54, 1.807) is 5.56 Å². The van der Waals surface area contributed by atoms with Gasteiger partial charge in [-0.3, -0.25) is 0 Å². The van der Waals surface area contributed by atoms with Gasteiger partial charge in [-0.15, -0.1) is 0 Å². The Morgan fingerprint density at radius 2 is 1.88 bits per heavy atom. The van der Waals surface area contributed by atoms with Crippen molar-refractivity contribution in [2.75, 3.05) is 0 Å². The summed E-state index contributed by atoms with van der Waals surface area (Å²) in [5.74, 6) is 6.11. The molecule has 1 heterocycles. The largest absolute Gasteiger partial charge is 0.302 e. The first kappa shape index (κ1) is 17.5. The van der Waals surface area contributed by atoms with Crippen LogP contribution in [0.15, 0.2) is 30.3 Å². The van der Waals surface area contributed by atoms with Crippen LogP contribution in [0, 0.1) is 35.5 Å². The summed E-state index contributed by atoms with van der Waals surface area (Å²) in [6.07, 6.45) is 11.8. The minimum absolute atomic E-state index is 0.536. The van der Waals surface area contributed by atoms with Crippen LogP contribution < -0.4 is 5.32 Å². The molecular weight excluding hydrogens is 382 g/mol. The molecule has 1 N–H and O–H groups in total. The van der Waals surface area contributed by atoms with Crippen LogP contribution in [0.3, 0.4) is 0 Å². The van der Waals surface area contributed by atoms with E-state index in [4.69, 9.17) is 0 Å². The number of hydrogen-bond donors (Lipinski definition) is 1. The Kier molecular flexibility index (Phi) is 4.56. The van der Waals surface area contributed by atoms with Gasteiger partial charge in [0.05, 0.1) is 4.95 Å². The van der Waals surface area contributed by atoms with E-state index in [1.165, 1.54) is 37.7 Å². The molecule has 26 heavy (non-hydrogen) atoms. The van der Waals surface area contributed by atoms with Gasteiger partial charge >= 0.3 is 0 Å². The fourth-order valence-electron chi connectivity index (χ4n) is 7.16. The van der Waals surface area contributed by atoms with Crippen molar-refractivity contribution in [1.82, 2.24) is 5.32 Å². The number of rotatable bonds is 2. The van der Waals surface area contributed by atoms with E-state index in [0.29, 0.717) is 10.9 Å². The van der Waals surface area contributed by atoms with Crippen LogP contribution in [-0.4, -0.2) is 11.0 Å². The number of piperidine rings is 1. The normalized spacial score (nSPS) is 46.7. The molecule has 4 aliphatic rings. The third-order valence-electron chi connectivity index (χ3n) is 8.45. The van der Waals surface area contributed by atoms with Gasteiger partial charge in [-0.2, -0.15) is 0 Å². The van der Waals surface area contributed by atoms with E-state index in [1.807, 2.05) is 0 Å². The molecule has 2 heteroatoms. The van der Waals surface area contributed by atoms with E-state index in [0.717, 1.165) is 41.5 Å². The van der Waals surface area contributed by atoms with E-state index >= 15 is 0 Å². The SMILES string of the molecule is CC1CC2C(C)C3CCC(Br)NC3CC2C1CC1C=Cc2ccccc21. The van der Waals surface area contributed by atoms with Crippen LogP contribution in [0.5, 0.6) is 0 Å². The molecule has 3 fully saturated rings. The molecule has 1 aromatic rings. The van der Waals surface area contributed by atoms with Crippen LogP contribution in [0.25, 0.3) is 6.08 Å². The minimum atomic E-state index is 0.536. The molecule has 140 valence electrons. The lowest BCUT2D eigenvalue weighted by Gasteiger charge is -2.49. The quantitative estimate of drug-likeness (QED) is 0.449. The lowest BCUT2D eigenvalue weighted by Crippen LogP contribution is -2.53. The van der Waals surface area contributed by atoms with Gasteiger partial charge in [0, 0.05) is 12.0 Å². The van der Waals surface area contributed by atoms with Crippen LogP contribution in [-0.2, 0) is 0 Å². The molecule has 0 bridgehead atoms. The van der Waals surface area contributed by atoms with Crippen LogP contribution in [0.1, 0.15) is 63.0 Å². The first-order valence-electron chi connectivity index (χ1n) is 10.8. The highest BCUT2D eigenvalue weighted by Crippen LogP contribution is 2.57. The minimum Gasteiger partial charge on any atom is -0.302 e. The first-order chi connectivity index (χ1) is 12.6. The van der Waals surface area contributed by atoms with E-state index in [9.17, 15) is 0 Å². The number of fused-ring (bicyclic) bond motifs is 3. The number of nitrogens with one attached hydrogen (secondary N) is 1. The van der Waals surface area contributed by atoms with E-state index in [2.05, 4.69) is 71.5 Å². The summed E-state index contributed by atoms with van der Waals surface area (Å²) in [5.41, 5.74) is 3.02. The summed E-state index contributed by atoms with van der Waals surface area (Å²) in [6, 6.07) is 9.77. The number of hydrogen-bond acceptors (Lipinski definition) is 1. The summed E-state index contributed by atoms with van der Waals surface area (Å²) in [7, 11) is 0. The highest BCUT2D eigenvalue weighted by atomic mass is 79.9. The molecule has 2 saturated carbocycles. The lowest BCUT2D eigenvalue weighted by molar-refractivity contribution is 0.0441. The van der Waals surface area contributed by atoms with Crippen molar-refractivity contribution in [3.05, 3.63) is 41.5 Å². The molecule has 0 radical (unpaired) electrons. The maximum Gasteiger partial charge on any atom is 0.0632 e. The van der Waals surface area contributed by atoms with Crippen molar-refractivity contribution in [3.8, 4) is 0 Å². The molecule has 9 unspecified atom stereocenters. The topological polar surface area (TPSA) is 12.0 Å². The summed E-state index contributed by atoms with van der Waals surface area (Å²) in [4.78, 5) is 0.536. The number of alkyl halides is 1. The molecule has 1 aliphatic heterocycles. The first-order valence-corrected chi connectivity index (χ1v) is 11.7. The zero-order chi connectivity index (χ0) is 17.8. The second kappa shape index (κ2) is 6.78. The van der Waals surface area contributed by atoms with Gasteiger partial charge in [-0.1, -0.05) is 66.2 Å². The van der Waals surface area contributed by atoms with Gasteiger partial charge in [0.25, 0.3) is 0 Å². The Hall–Kier alpha value is -0.600. The third-order valence-corrected chi connectivity index (χ3v) is 9.17. The number of halogens is 1. The summed E-state index contributed by atoms with van der Waals surface area (Å²) in [5, 5.41) is 3.91. The zero-order valence-corrected chi connectivity index (χ0v) is 17.7. The second-order valence-electron chi connectivity index (χ2n) is 9.61. The molecule has 5 rings (SSSR count). The van der Waals surface area contributed by atoms with Gasteiger partial charge in [-0.25, -0.2) is 0 Å². The van der Waals surface area contributed by atoms with Crippen molar-refractivity contribution in [3.63, 3.8) is 0 Å². The Morgan fingerprint density at radius 3 is 2.77 bits per heavy atom. The molecule has 1 nitrogen and oxygen atoms in total. The molecule has 0 spiro atoms. The average Bonchev–Trinajstić information content (AvgIpc) is 3.18. The van der Waals surface area contributed by atoms with Gasteiger partial charge in [0.15, 0.2) is 0 Å². The van der Waals surface area contributed by atoms with Crippen molar-refractivity contribution in [2.24, 2.45) is 35.5 Å². The predicted molar refractivity (Wildman–Crippen MR) is 113 cm³/mol. The monoisotopic (exact) mass is 413 g/mol. The molecular formula is C24H32BrN. The summed E-state index contributed by atoms with van der Waals surface area (Å²) in [6.45, 7) is 5.12. The van der Waals surface area contributed by atoms with Gasteiger partial charge < -0.3 is 5.32 Å². The van der Waals surface area contributed by atoms with Crippen LogP contribution in [0.4, 0.5) is 0 Å². The highest BCUT2D eigenvalue weighted by molar-refractivity contribution is 9.09. The van der Waals surface area contributed by atoms with Gasteiger partial charge in [0.1, 0.15) is 0 Å². The van der Waals surface area contributed by atoms with Gasteiger partial charge in [0.2, 0.25) is 0 Å². The van der Waals surface area contributed by atoms with E-state index in [-0.39, 0.29) is 0 Å². The fourth-order valence-corrected chi connectivity index (χ4v) is 7.77. The van der Waals surface area contributed by atoms with Crippen LogP contribution in [0.2, 0.25) is 0 Å². The van der Waals surface area contributed by atoms with E-state index < -0.39 is 0 Å². The van der Waals surface area contributed by atoms with Crippen molar-refractivity contribution in [2.45, 2.75) is 62.9 Å². The Labute approximate surface area is 167 Å². The lowest BCUT2D eigenvalue weighted by atomic mass is 9.62. The maximum atomic E-state index is 3.91. The number of allylic oxidation sites excluding steroid dienone is 1. The Balaban J connectivity index is 1.36. The second-order valence-corrected chi connectivity index (χ2v) is 10.7. The Bertz CT molecular complexity index is 695. The smallest absolute Gasteiger partial charge is 0.0632 e. The summed E-state index contributed by atoms with van der Waals surface area (Å²) >= 11 is 3.84. The maximum absolute atomic E-state index is 3.91. The van der Waals surface area contributed by atoms with Crippen molar-refractivity contribution >= 4 is 22.0 Å². The summed E-state index contributed by atoms with van der Waals surface area (Å²) < 4.78 is 0. The molecule has 3 aliphatic carbocycles. The van der Waals surface area contributed by atoms with Gasteiger partial charge in [-0.05, 0) is 78.7 Å². The molecule has 9 atom stereocenters. The Morgan fingerprint density at radius 1 is 1.04 bits per heavy atom. The average molecular weight is 414 g/mol. The predicted octanol–water partition coefficient (Wildman–Crippen LogP) is 6.20. The highest BCUT2D eigenvalue weighted by Gasteiger charge is 2.51. The fraction of sp³-hybridized carbons (Fsp3) is 0.667. The standard InChI is InChI=1S/C24H32BrN/c1-14-11-21-15(2)18-9-10-24(25)26-23(18)13-22(21)20(14)12-17-8-7-16-5-3-4-6-19(16)17/h3-8,14-15,17-18,20-24,26H,9-13H2,1-2H3. The third kappa shape index (κ3) is 2.83. The molecule has 0 aromatic heterocycles. The number of benzene rings is 1. The van der Waals surface area contributed by atoms with Crippen molar-refractivity contribution in [1.29, 1.82) is 0 Å². The van der Waals surface area contributed by atoms with Crippen LogP contribution >= 0.6 is 15.9 Å². The molecule has 1 aromatic carbocycles. The van der Waals surface area contributed by atoms with Crippen molar-refractivity contribution < 1.29 is 0 Å². The molecule has 0 amide bonds. The molecule has 1 saturated heterocycles. The zero-order valence-electron chi connectivity index (χ0n) is 16.1.